The van der Waals surface area contributed by atoms with Crippen LogP contribution in [0.1, 0.15) is 20.3 Å². The standard InChI is InChI=1S/C15H20N2O2/c1-15(2,8-9-16)14(18)17(3)12-10-19-13-7-5-4-6-11(12)13/h4-7,10H,8-9,16H2,1-3H3. The van der Waals surface area contributed by atoms with Crippen molar-refractivity contribution in [2.45, 2.75) is 20.3 Å². The number of furan rings is 1. The summed E-state index contributed by atoms with van der Waals surface area (Å²) in [6.45, 7) is 4.33. The van der Waals surface area contributed by atoms with E-state index in [1.54, 1.807) is 18.2 Å². The van der Waals surface area contributed by atoms with Crippen molar-refractivity contribution in [1.82, 2.24) is 0 Å². The largest absolute Gasteiger partial charge is 0.462 e. The Labute approximate surface area is 113 Å². The Bertz CT molecular complexity index is 587. The number of para-hydroxylation sites is 1. The Morgan fingerprint density at radius 2 is 2.05 bits per heavy atom. The molecule has 0 atom stereocenters. The van der Waals surface area contributed by atoms with Crippen molar-refractivity contribution in [3.05, 3.63) is 30.5 Å². The lowest BCUT2D eigenvalue weighted by Gasteiger charge is -2.28. The SMILES string of the molecule is CN(C(=O)C(C)(C)CCN)c1coc2ccccc12. The predicted octanol–water partition coefficient (Wildman–Crippen LogP) is 2.77. The van der Waals surface area contributed by atoms with Gasteiger partial charge in [-0.3, -0.25) is 4.79 Å². The van der Waals surface area contributed by atoms with Crippen LogP contribution in [0.4, 0.5) is 5.69 Å². The van der Waals surface area contributed by atoms with Crippen molar-refractivity contribution in [2.75, 3.05) is 18.5 Å². The van der Waals surface area contributed by atoms with Crippen molar-refractivity contribution >= 4 is 22.6 Å². The second kappa shape index (κ2) is 5.05. The lowest BCUT2D eigenvalue weighted by atomic mass is 9.87. The molecule has 102 valence electrons. The van der Waals surface area contributed by atoms with Gasteiger partial charge in [0, 0.05) is 17.8 Å². The van der Waals surface area contributed by atoms with Crippen molar-refractivity contribution in [2.24, 2.45) is 11.1 Å². The van der Waals surface area contributed by atoms with Crippen molar-refractivity contribution < 1.29 is 9.21 Å². The van der Waals surface area contributed by atoms with E-state index in [1.807, 2.05) is 38.1 Å². The van der Waals surface area contributed by atoms with E-state index in [0.29, 0.717) is 13.0 Å². The molecule has 0 fully saturated rings. The maximum absolute atomic E-state index is 12.5. The minimum atomic E-state index is -0.470. The highest BCUT2D eigenvalue weighted by molar-refractivity contribution is 6.03. The molecule has 0 aliphatic carbocycles. The highest BCUT2D eigenvalue weighted by Gasteiger charge is 2.31. The normalized spacial score (nSPS) is 11.8. The average Bonchev–Trinajstić information content (AvgIpc) is 2.80. The first-order valence-corrected chi connectivity index (χ1v) is 6.42. The molecule has 0 spiro atoms. The van der Waals surface area contributed by atoms with Gasteiger partial charge in [0.05, 0.1) is 5.69 Å². The number of fused-ring (bicyclic) bond motifs is 1. The first kappa shape index (κ1) is 13.6. The van der Waals surface area contributed by atoms with Crippen molar-refractivity contribution in [3.8, 4) is 0 Å². The van der Waals surface area contributed by atoms with E-state index in [-0.39, 0.29) is 5.91 Å². The van der Waals surface area contributed by atoms with E-state index in [4.69, 9.17) is 10.2 Å². The van der Waals surface area contributed by atoms with Crippen LogP contribution in [-0.2, 0) is 4.79 Å². The fourth-order valence-corrected chi connectivity index (χ4v) is 2.25. The molecule has 0 aliphatic rings. The lowest BCUT2D eigenvalue weighted by molar-refractivity contribution is -0.126. The van der Waals surface area contributed by atoms with E-state index >= 15 is 0 Å². The molecule has 4 nitrogen and oxygen atoms in total. The Morgan fingerprint density at radius 3 is 2.74 bits per heavy atom. The van der Waals surface area contributed by atoms with Gasteiger partial charge in [-0.25, -0.2) is 0 Å². The maximum atomic E-state index is 12.5. The number of anilines is 1. The number of benzene rings is 1. The van der Waals surface area contributed by atoms with Gasteiger partial charge in [-0.05, 0) is 25.1 Å². The zero-order chi connectivity index (χ0) is 14.0. The van der Waals surface area contributed by atoms with Gasteiger partial charge >= 0.3 is 0 Å². The zero-order valence-corrected chi connectivity index (χ0v) is 11.6. The number of nitrogens with zero attached hydrogens (tertiary/aromatic N) is 1. The molecule has 0 radical (unpaired) electrons. The average molecular weight is 260 g/mol. The number of amides is 1. The number of hydrogen-bond acceptors (Lipinski definition) is 3. The molecule has 1 heterocycles. The quantitative estimate of drug-likeness (QED) is 0.919. The zero-order valence-electron chi connectivity index (χ0n) is 11.6. The van der Waals surface area contributed by atoms with Crippen LogP contribution in [0.2, 0.25) is 0 Å². The van der Waals surface area contributed by atoms with Crippen LogP contribution >= 0.6 is 0 Å². The van der Waals surface area contributed by atoms with Crippen LogP contribution < -0.4 is 10.6 Å². The summed E-state index contributed by atoms with van der Waals surface area (Å²) < 4.78 is 5.47. The van der Waals surface area contributed by atoms with Gasteiger partial charge in [-0.15, -0.1) is 0 Å². The number of nitrogens with two attached hydrogens (primary N) is 1. The monoisotopic (exact) mass is 260 g/mol. The summed E-state index contributed by atoms with van der Waals surface area (Å²) in [7, 11) is 1.78. The third-order valence-corrected chi connectivity index (χ3v) is 3.47. The van der Waals surface area contributed by atoms with Crippen LogP contribution in [0.15, 0.2) is 34.9 Å². The number of rotatable bonds is 4. The summed E-state index contributed by atoms with van der Waals surface area (Å²) in [5, 5.41) is 0.946. The summed E-state index contributed by atoms with van der Waals surface area (Å²) in [6.07, 6.45) is 2.28. The molecule has 1 aromatic carbocycles. The summed E-state index contributed by atoms with van der Waals surface area (Å²) in [6, 6.07) is 7.69. The van der Waals surface area contributed by atoms with Gasteiger partial charge in [0.1, 0.15) is 11.8 Å². The first-order chi connectivity index (χ1) is 8.97. The minimum absolute atomic E-state index is 0.0458. The lowest BCUT2D eigenvalue weighted by Crippen LogP contribution is -2.39. The van der Waals surface area contributed by atoms with E-state index in [1.165, 1.54) is 0 Å². The molecule has 1 aromatic heterocycles. The van der Waals surface area contributed by atoms with Crippen LogP contribution in [0.25, 0.3) is 11.0 Å². The van der Waals surface area contributed by atoms with Gasteiger partial charge < -0.3 is 15.1 Å². The Hall–Kier alpha value is -1.81. The molecule has 19 heavy (non-hydrogen) atoms. The highest BCUT2D eigenvalue weighted by Crippen LogP contribution is 2.31. The second-order valence-corrected chi connectivity index (χ2v) is 5.40. The second-order valence-electron chi connectivity index (χ2n) is 5.40. The number of carbonyl (C=O) groups is 1. The highest BCUT2D eigenvalue weighted by atomic mass is 16.3. The Kier molecular flexibility index (Phi) is 3.62. The minimum Gasteiger partial charge on any atom is -0.462 e. The molecule has 0 bridgehead atoms. The summed E-state index contributed by atoms with van der Waals surface area (Å²) >= 11 is 0. The fourth-order valence-electron chi connectivity index (χ4n) is 2.25. The van der Waals surface area contributed by atoms with Gasteiger partial charge in [0.25, 0.3) is 0 Å². The molecule has 0 saturated carbocycles. The van der Waals surface area contributed by atoms with Crippen LogP contribution in [-0.4, -0.2) is 19.5 Å². The van der Waals surface area contributed by atoms with Gasteiger partial charge in [-0.2, -0.15) is 0 Å². The molecule has 0 unspecified atom stereocenters. The van der Waals surface area contributed by atoms with E-state index in [0.717, 1.165) is 16.7 Å². The van der Waals surface area contributed by atoms with E-state index in [2.05, 4.69) is 0 Å². The van der Waals surface area contributed by atoms with Gasteiger partial charge in [0.2, 0.25) is 5.91 Å². The van der Waals surface area contributed by atoms with Crippen molar-refractivity contribution in [3.63, 3.8) is 0 Å². The summed E-state index contributed by atoms with van der Waals surface area (Å²) in [5.41, 5.74) is 6.69. The van der Waals surface area contributed by atoms with Crippen LogP contribution in [0.5, 0.6) is 0 Å². The molecule has 2 rings (SSSR count). The molecule has 0 saturated heterocycles. The number of carbonyl (C=O) groups excluding carboxylic acids is 1. The topological polar surface area (TPSA) is 59.5 Å². The summed E-state index contributed by atoms with van der Waals surface area (Å²) in [4.78, 5) is 14.2. The Morgan fingerprint density at radius 1 is 1.37 bits per heavy atom. The predicted molar refractivity (Wildman–Crippen MR) is 77.1 cm³/mol. The first-order valence-electron chi connectivity index (χ1n) is 6.42. The molecule has 4 heteroatoms. The molecular weight excluding hydrogens is 240 g/mol. The summed E-state index contributed by atoms with van der Waals surface area (Å²) in [5.74, 6) is 0.0458. The molecule has 0 aliphatic heterocycles. The van der Waals surface area contributed by atoms with Gasteiger partial charge in [0.15, 0.2) is 0 Å². The smallest absolute Gasteiger partial charge is 0.232 e. The molecule has 2 N–H and O–H groups in total. The molecular formula is C15H20N2O2. The number of hydrogen-bond donors (Lipinski definition) is 1. The Balaban J connectivity index is 2.34. The third kappa shape index (κ3) is 2.49. The molecule has 2 aromatic rings. The van der Waals surface area contributed by atoms with E-state index < -0.39 is 5.41 Å². The molecule has 1 amide bonds. The van der Waals surface area contributed by atoms with Crippen molar-refractivity contribution in [1.29, 1.82) is 0 Å². The van der Waals surface area contributed by atoms with Crippen LogP contribution in [0, 0.1) is 5.41 Å². The maximum Gasteiger partial charge on any atom is 0.232 e. The fraction of sp³-hybridized carbons (Fsp3) is 0.400. The third-order valence-electron chi connectivity index (χ3n) is 3.47. The van der Waals surface area contributed by atoms with Crippen LogP contribution in [0.3, 0.4) is 0 Å². The van der Waals surface area contributed by atoms with E-state index in [9.17, 15) is 4.79 Å². The van der Waals surface area contributed by atoms with Gasteiger partial charge in [-0.1, -0.05) is 26.0 Å².